The van der Waals surface area contributed by atoms with E-state index >= 15 is 0 Å². The number of aromatic hydroxyl groups is 1. The summed E-state index contributed by atoms with van der Waals surface area (Å²) in [5.41, 5.74) is 1.36. The molecule has 2 N–H and O–H groups in total. The minimum atomic E-state index is -0.578. The quantitative estimate of drug-likeness (QED) is 0.609. The summed E-state index contributed by atoms with van der Waals surface area (Å²) < 4.78 is 25.0. The molecule has 5 nitrogen and oxygen atoms in total. The first-order valence-corrected chi connectivity index (χ1v) is 7.96. The molecule has 0 unspecified atom stereocenters. The molecule has 138 valence electrons. The Bertz CT molecular complexity index is 938. The number of pyridine rings is 1. The number of phenolic OH excluding ortho intramolecular Hbond substituents is 1. The van der Waals surface area contributed by atoms with Crippen LogP contribution in [0.1, 0.15) is 6.92 Å². The van der Waals surface area contributed by atoms with Crippen molar-refractivity contribution >= 4 is 46.3 Å². The Morgan fingerprint density at radius 3 is 2.65 bits per heavy atom. The van der Waals surface area contributed by atoms with Gasteiger partial charge in [0.2, 0.25) is 0 Å². The summed E-state index contributed by atoms with van der Waals surface area (Å²) in [5, 5.41) is 13.3. The SMILES string of the molecule is CCOc1cc2nccc(Nc3cc(O)c(Cl)cc3F)c2cc1OC.Cl. The van der Waals surface area contributed by atoms with Gasteiger partial charge in [-0.25, -0.2) is 4.39 Å². The maximum absolute atomic E-state index is 14.1. The van der Waals surface area contributed by atoms with E-state index in [0.717, 1.165) is 11.5 Å². The van der Waals surface area contributed by atoms with Crippen molar-refractivity contribution in [1.82, 2.24) is 4.98 Å². The zero-order valence-corrected chi connectivity index (χ0v) is 15.6. The van der Waals surface area contributed by atoms with E-state index in [4.69, 9.17) is 21.1 Å². The van der Waals surface area contributed by atoms with E-state index in [1.165, 1.54) is 6.07 Å². The highest BCUT2D eigenvalue weighted by Gasteiger charge is 2.13. The maximum Gasteiger partial charge on any atom is 0.163 e. The molecule has 2 aromatic carbocycles. The van der Waals surface area contributed by atoms with Gasteiger partial charge in [0.05, 0.1) is 29.9 Å². The number of nitrogens with one attached hydrogen (secondary N) is 1. The van der Waals surface area contributed by atoms with Gasteiger partial charge in [0.15, 0.2) is 11.5 Å². The van der Waals surface area contributed by atoms with Gasteiger partial charge in [-0.2, -0.15) is 0 Å². The molecule has 3 aromatic rings. The Morgan fingerprint density at radius 2 is 1.96 bits per heavy atom. The summed E-state index contributed by atoms with van der Waals surface area (Å²) in [5.74, 6) is 0.341. The number of hydrogen-bond acceptors (Lipinski definition) is 5. The molecule has 0 aliphatic rings. The molecule has 0 amide bonds. The molecule has 0 atom stereocenters. The monoisotopic (exact) mass is 398 g/mol. The molecule has 0 aliphatic carbocycles. The van der Waals surface area contributed by atoms with Crippen molar-refractivity contribution < 1.29 is 19.0 Å². The number of phenols is 1. The highest BCUT2D eigenvalue weighted by atomic mass is 35.5. The van der Waals surface area contributed by atoms with Gasteiger partial charge in [-0.15, -0.1) is 12.4 Å². The fourth-order valence-electron chi connectivity index (χ4n) is 2.47. The number of halogens is 3. The Balaban J connectivity index is 0.00000243. The molecule has 8 heteroatoms. The number of methoxy groups -OCH3 is 1. The number of fused-ring (bicyclic) bond motifs is 1. The molecule has 0 radical (unpaired) electrons. The normalized spacial score (nSPS) is 10.3. The van der Waals surface area contributed by atoms with Crippen molar-refractivity contribution in [3.05, 3.63) is 47.4 Å². The lowest BCUT2D eigenvalue weighted by Crippen LogP contribution is -1.98. The molecular formula is C18H17Cl2FN2O3. The van der Waals surface area contributed by atoms with Crippen molar-refractivity contribution in [2.75, 3.05) is 19.0 Å². The lowest BCUT2D eigenvalue weighted by molar-refractivity contribution is 0.311. The van der Waals surface area contributed by atoms with Crippen LogP contribution in [0.5, 0.6) is 17.2 Å². The third-order valence-corrected chi connectivity index (χ3v) is 3.94. The lowest BCUT2D eigenvalue weighted by Gasteiger charge is -2.14. The fourth-order valence-corrected chi connectivity index (χ4v) is 2.62. The number of hydrogen-bond donors (Lipinski definition) is 2. The predicted octanol–water partition coefficient (Wildman–Crippen LogP) is 5.31. The van der Waals surface area contributed by atoms with Crippen LogP contribution >= 0.6 is 24.0 Å². The second-order valence-corrected chi connectivity index (χ2v) is 5.63. The number of benzene rings is 2. The molecule has 0 bridgehead atoms. The third-order valence-electron chi connectivity index (χ3n) is 3.63. The molecule has 0 saturated heterocycles. The van der Waals surface area contributed by atoms with Gasteiger partial charge in [-0.3, -0.25) is 4.98 Å². The van der Waals surface area contributed by atoms with E-state index in [2.05, 4.69) is 10.3 Å². The van der Waals surface area contributed by atoms with Crippen LogP contribution in [0.25, 0.3) is 10.9 Å². The van der Waals surface area contributed by atoms with E-state index in [1.54, 1.807) is 31.5 Å². The van der Waals surface area contributed by atoms with Crippen molar-refractivity contribution in [2.24, 2.45) is 0 Å². The number of rotatable bonds is 5. The van der Waals surface area contributed by atoms with E-state index in [-0.39, 0.29) is 28.9 Å². The smallest absolute Gasteiger partial charge is 0.163 e. The average Bonchev–Trinajstić information content (AvgIpc) is 2.59. The van der Waals surface area contributed by atoms with Gasteiger partial charge in [0.25, 0.3) is 0 Å². The second kappa shape index (κ2) is 8.29. The molecule has 0 saturated carbocycles. The van der Waals surface area contributed by atoms with E-state index in [1.807, 2.05) is 6.92 Å². The first-order valence-electron chi connectivity index (χ1n) is 7.58. The first kappa shape index (κ1) is 19.9. The Morgan fingerprint density at radius 1 is 1.19 bits per heavy atom. The summed E-state index contributed by atoms with van der Waals surface area (Å²) in [6, 6.07) is 7.52. The van der Waals surface area contributed by atoms with Crippen molar-refractivity contribution in [2.45, 2.75) is 6.92 Å². The first-order chi connectivity index (χ1) is 12.0. The Kier molecular flexibility index (Phi) is 6.34. The zero-order valence-electron chi connectivity index (χ0n) is 14.0. The van der Waals surface area contributed by atoms with Crippen LogP contribution < -0.4 is 14.8 Å². The minimum Gasteiger partial charge on any atom is -0.506 e. The summed E-state index contributed by atoms with van der Waals surface area (Å²) in [6.45, 7) is 2.37. The topological polar surface area (TPSA) is 63.6 Å². The van der Waals surface area contributed by atoms with Crippen LogP contribution in [-0.4, -0.2) is 23.8 Å². The highest BCUT2D eigenvalue weighted by molar-refractivity contribution is 6.32. The summed E-state index contributed by atoms with van der Waals surface area (Å²) in [7, 11) is 1.55. The van der Waals surface area contributed by atoms with Crippen molar-refractivity contribution in [3.63, 3.8) is 0 Å². The van der Waals surface area contributed by atoms with Crippen LogP contribution in [0.2, 0.25) is 5.02 Å². The Labute approximate surface area is 161 Å². The van der Waals surface area contributed by atoms with E-state index in [0.29, 0.717) is 29.3 Å². The van der Waals surface area contributed by atoms with E-state index in [9.17, 15) is 9.50 Å². The standard InChI is InChI=1S/C18H16ClFN2O3.ClH/c1-3-25-18-9-14-10(6-17(18)24-2)13(4-5-21-14)22-15-8-16(23)11(19)7-12(15)20;/h4-9,23H,3H2,1-2H3,(H,21,22);1H. The minimum absolute atomic E-state index is 0. The van der Waals surface area contributed by atoms with Crippen LogP contribution in [-0.2, 0) is 0 Å². The van der Waals surface area contributed by atoms with Crippen molar-refractivity contribution in [3.8, 4) is 17.2 Å². The lowest BCUT2D eigenvalue weighted by atomic mass is 10.1. The van der Waals surface area contributed by atoms with Gasteiger partial charge in [-0.1, -0.05) is 11.6 Å². The molecule has 0 fully saturated rings. The van der Waals surface area contributed by atoms with Gasteiger partial charge < -0.3 is 19.9 Å². The predicted molar refractivity (Wildman–Crippen MR) is 103 cm³/mol. The largest absolute Gasteiger partial charge is 0.506 e. The Hall–Kier alpha value is -2.44. The average molecular weight is 399 g/mol. The van der Waals surface area contributed by atoms with Crippen molar-refractivity contribution in [1.29, 1.82) is 0 Å². The molecule has 3 rings (SSSR count). The van der Waals surface area contributed by atoms with Crippen LogP contribution in [0, 0.1) is 5.82 Å². The number of anilines is 2. The molecule has 0 spiro atoms. The van der Waals surface area contributed by atoms with Crippen LogP contribution in [0.4, 0.5) is 15.8 Å². The van der Waals surface area contributed by atoms with Gasteiger partial charge >= 0.3 is 0 Å². The number of aromatic nitrogens is 1. The third kappa shape index (κ3) is 3.86. The molecule has 1 heterocycles. The zero-order chi connectivity index (χ0) is 18.0. The molecular weight excluding hydrogens is 382 g/mol. The molecule has 1 aromatic heterocycles. The molecule has 26 heavy (non-hydrogen) atoms. The number of nitrogens with zero attached hydrogens (tertiary/aromatic N) is 1. The van der Waals surface area contributed by atoms with Gasteiger partial charge in [0, 0.05) is 29.4 Å². The summed E-state index contributed by atoms with van der Waals surface area (Å²) in [4.78, 5) is 4.32. The van der Waals surface area contributed by atoms with Crippen LogP contribution in [0.3, 0.4) is 0 Å². The van der Waals surface area contributed by atoms with Gasteiger partial charge in [0.1, 0.15) is 11.6 Å². The summed E-state index contributed by atoms with van der Waals surface area (Å²) >= 11 is 5.71. The fraction of sp³-hybridized carbons (Fsp3) is 0.167. The highest BCUT2D eigenvalue weighted by Crippen LogP contribution is 2.37. The van der Waals surface area contributed by atoms with Crippen LogP contribution in [0.15, 0.2) is 36.5 Å². The maximum atomic E-state index is 14.1. The van der Waals surface area contributed by atoms with E-state index < -0.39 is 5.82 Å². The number of ether oxygens (including phenoxy) is 2. The summed E-state index contributed by atoms with van der Waals surface area (Å²) in [6.07, 6.45) is 1.60. The molecule has 0 aliphatic heterocycles. The second-order valence-electron chi connectivity index (χ2n) is 5.22. The van der Waals surface area contributed by atoms with Gasteiger partial charge in [-0.05, 0) is 25.1 Å².